The van der Waals surface area contributed by atoms with Gasteiger partial charge in [-0.05, 0) is 37.6 Å². The lowest BCUT2D eigenvalue weighted by molar-refractivity contribution is -0.139. The number of hydrogen-bond donors (Lipinski definition) is 2. The summed E-state index contributed by atoms with van der Waals surface area (Å²) in [5, 5.41) is 6.33. The SMILES string of the molecule is CC(C)NC(=O)C(=O)N/N=C\c1cc(Br)ccc1OCc1ccccc1. The number of nitrogens with zero attached hydrogens (tertiary/aromatic N) is 1. The van der Waals surface area contributed by atoms with E-state index >= 15 is 0 Å². The molecule has 0 aliphatic heterocycles. The average molecular weight is 418 g/mol. The summed E-state index contributed by atoms with van der Waals surface area (Å²) in [7, 11) is 0. The first-order valence-electron chi connectivity index (χ1n) is 8.06. The van der Waals surface area contributed by atoms with Crippen molar-refractivity contribution in [1.82, 2.24) is 10.7 Å². The second-order valence-corrected chi connectivity index (χ2v) is 6.70. The van der Waals surface area contributed by atoms with Gasteiger partial charge in [0.2, 0.25) is 0 Å². The van der Waals surface area contributed by atoms with Crippen LogP contribution in [0.5, 0.6) is 5.75 Å². The van der Waals surface area contributed by atoms with Crippen molar-refractivity contribution in [1.29, 1.82) is 0 Å². The van der Waals surface area contributed by atoms with Crippen molar-refractivity contribution >= 4 is 34.0 Å². The van der Waals surface area contributed by atoms with Crippen LogP contribution >= 0.6 is 15.9 Å². The van der Waals surface area contributed by atoms with Crippen molar-refractivity contribution in [2.24, 2.45) is 5.10 Å². The van der Waals surface area contributed by atoms with Crippen molar-refractivity contribution < 1.29 is 14.3 Å². The minimum Gasteiger partial charge on any atom is -0.488 e. The number of halogens is 1. The fraction of sp³-hybridized carbons (Fsp3) is 0.211. The molecule has 0 saturated heterocycles. The molecule has 0 unspecified atom stereocenters. The molecule has 7 heteroatoms. The third kappa shape index (κ3) is 6.33. The standard InChI is InChI=1S/C19H20BrN3O3/c1-13(2)22-18(24)19(25)23-21-11-15-10-16(20)8-9-17(15)26-12-14-6-4-3-5-7-14/h3-11,13H,12H2,1-2H3,(H,22,24)(H,23,25)/b21-11-. The molecule has 2 aromatic carbocycles. The van der Waals surface area contributed by atoms with Gasteiger partial charge in [0.25, 0.3) is 0 Å². The van der Waals surface area contributed by atoms with Crippen LogP contribution in [-0.4, -0.2) is 24.1 Å². The maximum absolute atomic E-state index is 11.7. The van der Waals surface area contributed by atoms with Crippen LogP contribution in [0.1, 0.15) is 25.0 Å². The van der Waals surface area contributed by atoms with E-state index in [-0.39, 0.29) is 6.04 Å². The Morgan fingerprint density at radius 3 is 2.58 bits per heavy atom. The highest BCUT2D eigenvalue weighted by molar-refractivity contribution is 9.10. The van der Waals surface area contributed by atoms with Crippen LogP contribution in [0.4, 0.5) is 0 Å². The monoisotopic (exact) mass is 417 g/mol. The molecule has 0 aliphatic rings. The zero-order valence-corrected chi connectivity index (χ0v) is 16.1. The minimum atomic E-state index is -0.822. The summed E-state index contributed by atoms with van der Waals surface area (Å²) in [5.41, 5.74) is 3.91. The molecule has 0 saturated carbocycles. The molecule has 2 rings (SSSR count). The predicted octanol–water partition coefficient (Wildman–Crippen LogP) is 3.00. The minimum absolute atomic E-state index is 0.125. The van der Waals surface area contributed by atoms with Gasteiger partial charge in [0.1, 0.15) is 12.4 Å². The Balaban J connectivity index is 2.02. The van der Waals surface area contributed by atoms with E-state index in [2.05, 4.69) is 31.8 Å². The van der Waals surface area contributed by atoms with Gasteiger partial charge < -0.3 is 10.1 Å². The molecule has 136 valence electrons. The highest BCUT2D eigenvalue weighted by Gasteiger charge is 2.13. The Bertz CT molecular complexity index is 792. The van der Waals surface area contributed by atoms with E-state index in [1.807, 2.05) is 48.5 Å². The highest BCUT2D eigenvalue weighted by atomic mass is 79.9. The van der Waals surface area contributed by atoms with E-state index in [4.69, 9.17) is 4.74 Å². The average Bonchev–Trinajstić information content (AvgIpc) is 2.61. The molecule has 2 N–H and O–H groups in total. The number of carbonyl (C=O) groups excluding carboxylic acids is 2. The van der Waals surface area contributed by atoms with Gasteiger partial charge in [-0.3, -0.25) is 9.59 Å². The lowest BCUT2D eigenvalue weighted by Gasteiger charge is -2.10. The van der Waals surface area contributed by atoms with E-state index in [1.54, 1.807) is 13.8 Å². The number of hydrazone groups is 1. The van der Waals surface area contributed by atoms with Crippen LogP contribution in [-0.2, 0) is 16.2 Å². The van der Waals surface area contributed by atoms with E-state index < -0.39 is 11.8 Å². The lowest BCUT2D eigenvalue weighted by atomic mass is 10.2. The van der Waals surface area contributed by atoms with Crippen molar-refractivity contribution in [2.45, 2.75) is 26.5 Å². The van der Waals surface area contributed by atoms with Crippen LogP contribution in [0.15, 0.2) is 58.1 Å². The maximum Gasteiger partial charge on any atom is 0.329 e. The second kappa shape index (κ2) is 9.72. The molecule has 0 heterocycles. The first kappa shape index (κ1) is 19.7. The first-order valence-corrected chi connectivity index (χ1v) is 8.85. The Labute approximate surface area is 160 Å². The summed E-state index contributed by atoms with van der Waals surface area (Å²) >= 11 is 3.39. The van der Waals surface area contributed by atoms with E-state index in [0.29, 0.717) is 17.9 Å². The molecular weight excluding hydrogens is 398 g/mol. The molecule has 0 aromatic heterocycles. The maximum atomic E-state index is 11.7. The van der Waals surface area contributed by atoms with E-state index in [1.165, 1.54) is 6.21 Å². The van der Waals surface area contributed by atoms with Gasteiger partial charge in [0.15, 0.2) is 0 Å². The van der Waals surface area contributed by atoms with Crippen LogP contribution < -0.4 is 15.5 Å². The van der Waals surface area contributed by atoms with Crippen LogP contribution in [0, 0.1) is 0 Å². The summed E-state index contributed by atoms with van der Waals surface area (Å²) in [5.74, 6) is -0.940. The molecule has 0 fully saturated rings. The quantitative estimate of drug-likeness (QED) is 0.430. The van der Waals surface area contributed by atoms with Gasteiger partial charge in [-0.1, -0.05) is 46.3 Å². The Hall–Kier alpha value is -2.67. The Kier molecular flexibility index (Phi) is 7.35. The van der Waals surface area contributed by atoms with Gasteiger partial charge in [-0.15, -0.1) is 0 Å². The number of nitrogens with one attached hydrogen (secondary N) is 2. The molecule has 2 amide bonds. The van der Waals surface area contributed by atoms with E-state index in [9.17, 15) is 9.59 Å². The van der Waals surface area contributed by atoms with Crippen molar-refractivity contribution in [3.05, 3.63) is 64.1 Å². The molecule has 2 aromatic rings. The lowest BCUT2D eigenvalue weighted by Crippen LogP contribution is -2.41. The smallest absolute Gasteiger partial charge is 0.329 e. The number of hydrogen-bond acceptors (Lipinski definition) is 4. The molecule has 0 radical (unpaired) electrons. The number of amides is 2. The number of carbonyl (C=O) groups is 2. The van der Waals surface area contributed by atoms with Crippen molar-refractivity contribution in [3.63, 3.8) is 0 Å². The van der Waals surface area contributed by atoms with Crippen molar-refractivity contribution in [2.75, 3.05) is 0 Å². The number of ether oxygens (including phenoxy) is 1. The van der Waals surface area contributed by atoms with Gasteiger partial charge >= 0.3 is 11.8 Å². The molecule has 26 heavy (non-hydrogen) atoms. The summed E-state index contributed by atoms with van der Waals surface area (Å²) in [6.45, 7) is 3.95. The van der Waals surface area contributed by atoms with Gasteiger partial charge in [-0.2, -0.15) is 5.10 Å². The fourth-order valence-electron chi connectivity index (χ4n) is 2.03. The third-order valence-corrected chi connectivity index (χ3v) is 3.70. The summed E-state index contributed by atoms with van der Waals surface area (Å²) in [6.07, 6.45) is 1.44. The molecule has 0 bridgehead atoms. The highest BCUT2D eigenvalue weighted by Crippen LogP contribution is 2.22. The molecule has 6 nitrogen and oxygen atoms in total. The molecular formula is C19H20BrN3O3. The molecule has 0 aliphatic carbocycles. The largest absolute Gasteiger partial charge is 0.488 e. The zero-order chi connectivity index (χ0) is 18.9. The second-order valence-electron chi connectivity index (χ2n) is 5.78. The summed E-state index contributed by atoms with van der Waals surface area (Å²) in [6, 6.07) is 15.1. The van der Waals surface area contributed by atoms with E-state index in [0.717, 1.165) is 10.0 Å². The molecule has 0 atom stereocenters. The Morgan fingerprint density at radius 2 is 1.88 bits per heavy atom. The number of benzene rings is 2. The number of rotatable bonds is 6. The van der Waals surface area contributed by atoms with Gasteiger partial charge in [0.05, 0.1) is 6.21 Å². The fourth-order valence-corrected chi connectivity index (χ4v) is 2.40. The third-order valence-electron chi connectivity index (χ3n) is 3.20. The molecule has 0 spiro atoms. The van der Waals surface area contributed by atoms with Crippen LogP contribution in [0.2, 0.25) is 0 Å². The predicted molar refractivity (Wildman–Crippen MR) is 104 cm³/mol. The topological polar surface area (TPSA) is 79.8 Å². The summed E-state index contributed by atoms with van der Waals surface area (Å²) < 4.78 is 6.67. The van der Waals surface area contributed by atoms with Crippen LogP contribution in [0.25, 0.3) is 0 Å². The first-order chi connectivity index (χ1) is 12.5. The van der Waals surface area contributed by atoms with Gasteiger partial charge in [-0.25, -0.2) is 5.43 Å². The van der Waals surface area contributed by atoms with Gasteiger partial charge in [0, 0.05) is 16.1 Å². The van der Waals surface area contributed by atoms with Crippen molar-refractivity contribution in [3.8, 4) is 5.75 Å². The van der Waals surface area contributed by atoms with Crippen LogP contribution in [0.3, 0.4) is 0 Å². The Morgan fingerprint density at radius 1 is 1.15 bits per heavy atom. The normalized spacial score (nSPS) is 10.8. The summed E-state index contributed by atoms with van der Waals surface area (Å²) in [4.78, 5) is 23.2. The zero-order valence-electron chi connectivity index (χ0n) is 14.5.